The van der Waals surface area contributed by atoms with E-state index in [2.05, 4.69) is 22.8 Å². The first-order valence-corrected chi connectivity index (χ1v) is 5.96. The monoisotopic (exact) mass is 251 g/mol. The van der Waals surface area contributed by atoms with Gasteiger partial charge in [-0.3, -0.25) is 4.90 Å². The minimum Gasteiger partial charge on any atom is -0.360 e. The highest BCUT2D eigenvalue weighted by atomic mass is 32.1. The standard InChI is InChI=1S/C11H13N3S2/c15-10-12-6-7-14(10)11(16)13-8-9-4-2-1-3-5-9/h1-5H,6-8H2,(H,12,15)(H,13,16). The summed E-state index contributed by atoms with van der Waals surface area (Å²) < 4.78 is 0. The molecule has 0 spiro atoms. The number of benzene rings is 1. The minimum atomic E-state index is 0.693. The Hall–Kier alpha value is -1.20. The third-order valence-electron chi connectivity index (χ3n) is 2.39. The lowest BCUT2D eigenvalue weighted by Crippen LogP contribution is -2.41. The molecule has 0 aliphatic carbocycles. The van der Waals surface area contributed by atoms with E-state index in [1.165, 1.54) is 5.56 Å². The molecule has 3 nitrogen and oxygen atoms in total. The summed E-state index contributed by atoms with van der Waals surface area (Å²) >= 11 is 10.4. The maximum atomic E-state index is 5.28. The molecule has 1 heterocycles. The van der Waals surface area contributed by atoms with Crippen molar-refractivity contribution in [3.63, 3.8) is 0 Å². The maximum absolute atomic E-state index is 5.28. The van der Waals surface area contributed by atoms with Crippen LogP contribution in [0.3, 0.4) is 0 Å². The molecular formula is C11H13N3S2. The Morgan fingerprint density at radius 1 is 1.38 bits per heavy atom. The summed E-state index contributed by atoms with van der Waals surface area (Å²) in [4.78, 5) is 1.91. The van der Waals surface area contributed by atoms with Crippen LogP contribution < -0.4 is 10.6 Å². The number of nitrogens with one attached hydrogen (secondary N) is 2. The van der Waals surface area contributed by atoms with Gasteiger partial charge in [-0.2, -0.15) is 0 Å². The Bertz CT molecular complexity index is 391. The van der Waals surface area contributed by atoms with Gasteiger partial charge in [-0.25, -0.2) is 0 Å². The average molecular weight is 251 g/mol. The Labute approximate surface area is 106 Å². The molecule has 0 amide bonds. The van der Waals surface area contributed by atoms with Gasteiger partial charge in [0.05, 0.1) is 0 Å². The van der Waals surface area contributed by atoms with Gasteiger partial charge in [0.2, 0.25) is 0 Å². The van der Waals surface area contributed by atoms with E-state index in [4.69, 9.17) is 24.4 Å². The fraction of sp³-hybridized carbons (Fsp3) is 0.273. The predicted octanol–water partition coefficient (Wildman–Crippen LogP) is 1.25. The Morgan fingerprint density at radius 2 is 2.12 bits per heavy atom. The van der Waals surface area contributed by atoms with Crippen molar-refractivity contribution < 1.29 is 0 Å². The van der Waals surface area contributed by atoms with Crippen molar-refractivity contribution in [2.75, 3.05) is 13.1 Å². The van der Waals surface area contributed by atoms with E-state index in [0.29, 0.717) is 10.2 Å². The van der Waals surface area contributed by atoms with Gasteiger partial charge in [0.15, 0.2) is 10.2 Å². The van der Waals surface area contributed by atoms with Gasteiger partial charge in [-0.05, 0) is 30.0 Å². The first kappa shape index (κ1) is 11.3. The van der Waals surface area contributed by atoms with Crippen LogP contribution in [-0.2, 0) is 6.54 Å². The molecule has 1 fully saturated rings. The van der Waals surface area contributed by atoms with Gasteiger partial charge in [-0.1, -0.05) is 30.3 Å². The molecule has 2 N–H and O–H groups in total. The van der Waals surface area contributed by atoms with Gasteiger partial charge >= 0.3 is 0 Å². The van der Waals surface area contributed by atoms with Crippen LogP contribution in [0.15, 0.2) is 30.3 Å². The quantitative estimate of drug-likeness (QED) is 0.772. The van der Waals surface area contributed by atoms with Crippen LogP contribution in [-0.4, -0.2) is 28.2 Å². The fourth-order valence-corrected chi connectivity index (χ4v) is 2.13. The van der Waals surface area contributed by atoms with Crippen LogP contribution in [0.4, 0.5) is 0 Å². The van der Waals surface area contributed by atoms with Crippen molar-refractivity contribution in [2.24, 2.45) is 0 Å². The highest BCUT2D eigenvalue weighted by Gasteiger charge is 2.19. The maximum Gasteiger partial charge on any atom is 0.175 e. The van der Waals surface area contributed by atoms with E-state index in [1.54, 1.807) is 0 Å². The summed E-state index contributed by atoms with van der Waals surface area (Å²) in [5.74, 6) is 0. The Balaban J connectivity index is 1.86. The number of thiocarbonyl (C=S) groups is 2. The molecule has 16 heavy (non-hydrogen) atoms. The van der Waals surface area contributed by atoms with Crippen LogP contribution in [0.25, 0.3) is 0 Å². The molecular weight excluding hydrogens is 238 g/mol. The van der Waals surface area contributed by atoms with Crippen molar-refractivity contribution in [1.82, 2.24) is 15.5 Å². The summed E-state index contributed by atoms with van der Waals surface area (Å²) in [6, 6.07) is 10.2. The number of rotatable bonds is 2. The molecule has 2 rings (SSSR count). The normalized spacial score (nSPS) is 14.8. The van der Waals surface area contributed by atoms with Crippen LogP contribution in [0.2, 0.25) is 0 Å². The van der Waals surface area contributed by atoms with E-state index < -0.39 is 0 Å². The zero-order chi connectivity index (χ0) is 11.4. The largest absolute Gasteiger partial charge is 0.360 e. The molecule has 1 aliphatic heterocycles. The molecule has 1 aromatic rings. The second-order valence-corrected chi connectivity index (χ2v) is 4.30. The van der Waals surface area contributed by atoms with E-state index in [9.17, 15) is 0 Å². The van der Waals surface area contributed by atoms with Gasteiger partial charge in [-0.15, -0.1) is 0 Å². The lowest BCUT2D eigenvalue weighted by atomic mass is 10.2. The summed E-state index contributed by atoms with van der Waals surface area (Å²) in [6.45, 7) is 2.45. The molecule has 1 aromatic carbocycles. The summed E-state index contributed by atoms with van der Waals surface area (Å²) in [6.07, 6.45) is 0. The van der Waals surface area contributed by atoms with Crippen LogP contribution in [0.5, 0.6) is 0 Å². The van der Waals surface area contributed by atoms with Gasteiger partial charge < -0.3 is 10.6 Å². The summed E-state index contributed by atoms with van der Waals surface area (Å²) in [5, 5.41) is 7.69. The van der Waals surface area contributed by atoms with E-state index in [0.717, 1.165) is 19.6 Å². The average Bonchev–Trinajstić information content (AvgIpc) is 2.74. The van der Waals surface area contributed by atoms with Crippen molar-refractivity contribution in [3.8, 4) is 0 Å². The first-order valence-electron chi connectivity index (χ1n) is 5.14. The van der Waals surface area contributed by atoms with Crippen molar-refractivity contribution in [2.45, 2.75) is 6.54 Å². The van der Waals surface area contributed by atoms with E-state index in [1.807, 2.05) is 23.1 Å². The molecule has 0 atom stereocenters. The third-order valence-corrected chi connectivity index (χ3v) is 3.12. The summed E-state index contributed by atoms with van der Waals surface area (Å²) in [5.41, 5.74) is 1.21. The number of hydrogen-bond acceptors (Lipinski definition) is 2. The third kappa shape index (κ3) is 2.68. The first-order chi connectivity index (χ1) is 7.77. The highest BCUT2D eigenvalue weighted by Crippen LogP contribution is 2.01. The second-order valence-electron chi connectivity index (χ2n) is 3.53. The zero-order valence-electron chi connectivity index (χ0n) is 8.77. The highest BCUT2D eigenvalue weighted by molar-refractivity contribution is 7.81. The molecule has 0 saturated carbocycles. The van der Waals surface area contributed by atoms with Crippen molar-refractivity contribution in [1.29, 1.82) is 0 Å². The lowest BCUT2D eigenvalue weighted by molar-refractivity contribution is 0.655. The van der Waals surface area contributed by atoms with Crippen LogP contribution >= 0.6 is 24.4 Å². The van der Waals surface area contributed by atoms with E-state index >= 15 is 0 Å². The molecule has 0 bridgehead atoms. The molecule has 1 saturated heterocycles. The van der Waals surface area contributed by atoms with Gasteiger partial charge in [0.25, 0.3) is 0 Å². The van der Waals surface area contributed by atoms with Crippen molar-refractivity contribution in [3.05, 3.63) is 35.9 Å². The smallest absolute Gasteiger partial charge is 0.175 e. The SMILES string of the molecule is S=C1NCCN1C(=S)NCc1ccccc1. The van der Waals surface area contributed by atoms with Crippen LogP contribution in [0, 0.1) is 0 Å². The molecule has 0 aromatic heterocycles. The number of hydrogen-bond donors (Lipinski definition) is 2. The second kappa shape index (κ2) is 5.23. The van der Waals surface area contributed by atoms with Gasteiger partial charge in [0, 0.05) is 19.6 Å². The van der Waals surface area contributed by atoms with E-state index in [-0.39, 0.29) is 0 Å². The van der Waals surface area contributed by atoms with Gasteiger partial charge in [0.1, 0.15) is 0 Å². The Morgan fingerprint density at radius 3 is 2.75 bits per heavy atom. The molecule has 0 unspecified atom stereocenters. The molecule has 1 aliphatic rings. The topological polar surface area (TPSA) is 27.3 Å². The number of nitrogens with zero attached hydrogens (tertiary/aromatic N) is 1. The minimum absolute atomic E-state index is 0.693. The molecule has 84 valence electrons. The molecule has 0 radical (unpaired) electrons. The fourth-order valence-electron chi connectivity index (χ4n) is 1.53. The summed E-state index contributed by atoms with van der Waals surface area (Å²) in [7, 11) is 0. The lowest BCUT2D eigenvalue weighted by Gasteiger charge is -2.18. The van der Waals surface area contributed by atoms with Crippen molar-refractivity contribution >= 4 is 34.7 Å². The predicted molar refractivity (Wildman–Crippen MR) is 73.2 cm³/mol. The zero-order valence-corrected chi connectivity index (χ0v) is 10.4. The van der Waals surface area contributed by atoms with Crippen LogP contribution in [0.1, 0.15) is 5.56 Å². The Kier molecular flexibility index (Phi) is 3.69. The molecule has 5 heteroatoms.